The third kappa shape index (κ3) is 1.94. The van der Waals surface area contributed by atoms with E-state index in [0.29, 0.717) is 6.04 Å². The average Bonchev–Trinajstić information content (AvgIpc) is 2.71. The fourth-order valence-electron chi connectivity index (χ4n) is 1.96. The van der Waals surface area contributed by atoms with Crippen molar-refractivity contribution in [2.24, 2.45) is 4.99 Å². The lowest BCUT2D eigenvalue weighted by Crippen LogP contribution is -2.49. The minimum Gasteiger partial charge on any atom is -0.354 e. The van der Waals surface area contributed by atoms with Crippen LogP contribution in [0.5, 0.6) is 0 Å². The highest BCUT2D eigenvalue weighted by Gasteiger charge is 2.21. The molecule has 0 aromatic heterocycles. The Morgan fingerprint density at radius 3 is 3.00 bits per heavy atom. The maximum absolute atomic E-state index is 4.41. The Labute approximate surface area is 79.4 Å². The zero-order valence-electron chi connectivity index (χ0n) is 8.21. The van der Waals surface area contributed by atoms with Gasteiger partial charge in [-0.15, -0.1) is 0 Å². The van der Waals surface area contributed by atoms with Crippen molar-refractivity contribution in [1.82, 2.24) is 15.5 Å². The van der Waals surface area contributed by atoms with Gasteiger partial charge in [0.1, 0.15) is 0 Å². The Morgan fingerprint density at radius 1 is 1.46 bits per heavy atom. The lowest BCUT2D eigenvalue weighted by molar-refractivity contribution is 0.288. The van der Waals surface area contributed by atoms with Crippen LogP contribution in [0.3, 0.4) is 0 Å². The molecule has 74 valence electrons. The summed E-state index contributed by atoms with van der Waals surface area (Å²) in [5.41, 5.74) is 0. The van der Waals surface area contributed by atoms with Crippen LogP contribution in [0.1, 0.15) is 12.8 Å². The molecule has 2 N–H and O–H groups in total. The SMILES string of the molecule is CN(C1=NCCN1)C1CCCNC1. The van der Waals surface area contributed by atoms with Gasteiger partial charge in [0, 0.05) is 26.2 Å². The minimum absolute atomic E-state index is 0.623. The summed E-state index contributed by atoms with van der Waals surface area (Å²) in [5, 5.41) is 6.72. The molecule has 0 aromatic carbocycles. The first-order chi connectivity index (χ1) is 6.38. The molecule has 13 heavy (non-hydrogen) atoms. The van der Waals surface area contributed by atoms with E-state index in [4.69, 9.17) is 0 Å². The second-order valence-electron chi connectivity index (χ2n) is 3.74. The normalized spacial score (nSPS) is 28.1. The standard InChI is InChI=1S/C9H18N4/c1-13(9-11-5-6-12-9)8-3-2-4-10-7-8/h8,10H,2-7H2,1H3,(H,11,12). The topological polar surface area (TPSA) is 39.7 Å². The highest BCUT2D eigenvalue weighted by Crippen LogP contribution is 2.09. The van der Waals surface area contributed by atoms with Crippen molar-refractivity contribution >= 4 is 5.96 Å². The van der Waals surface area contributed by atoms with Crippen LogP contribution in [0.2, 0.25) is 0 Å². The number of likely N-dealkylation sites (N-methyl/N-ethyl adjacent to an activating group) is 1. The van der Waals surface area contributed by atoms with E-state index in [2.05, 4.69) is 27.6 Å². The van der Waals surface area contributed by atoms with Crippen molar-refractivity contribution in [3.63, 3.8) is 0 Å². The van der Waals surface area contributed by atoms with Gasteiger partial charge in [0.15, 0.2) is 5.96 Å². The second-order valence-corrected chi connectivity index (χ2v) is 3.74. The van der Waals surface area contributed by atoms with E-state index in [1.165, 1.54) is 19.4 Å². The lowest BCUT2D eigenvalue weighted by atomic mass is 10.1. The summed E-state index contributed by atoms with van der Waals surface area (Å²) in [4.78, 5) is 6.69. The molecular formula is C9H18N4. The van der Waals surface area contributed by atoms with Crippen LogP contribution in [0, 0.1) is 0 Å². The average molecular weight is 182 g/mol. The van der Waals surface area contributed by atoms with Gasteiger partial charge in [-0.1, -0.05) is 0 Å². The molecule has 2 rings (SSSR count). The lowest BCUT2D eigenvalue weighted by Gasteiger charge is -2.32. The summed E-state index contributed by atoms with van der Waals surface area (Å²) in [7, 11) is 2.13. The number of aliphatic imine (C=N–C) groups is 1. The number of piperidine rings is 1. The molecule has 0 amide bonds. The van der Waals surface area contributed by atoms with E-state index in [0.717, 1.165) is 25.6 Å². The Balaban J connectivity index is 1.90. The van der Waals surface area contributed by atoms with E-state index in [-0.39, 0.29) is 0 Å². The first-order valence-electron chi connectivity index (χ1n) is 5.10. The molecule has 1 saturated heterocycles. The third-order valence-corrected chi connectivity index (χ3v) is 2.81. The first-order valence-corrected chi connectivity index (χ1v) is 5.10. The quantitative estimate of drug-likeness (QED) is 0.581. The Hall–Kier alpha value is -0.770. The molecule has 0 aromatic rings. The molecule has 1 fully saturated rings. The maximum atomic E-state index is 4.41. The molecule has 2 heterocycles. The third-order valence-electron chi connectivity index (χ3n) is 2.81. The van der Waals surface area contributed by atoms with Crippen LogP contribution in [0.15, 0.2) is 4.99 Å². The zero-order chi connectivity index (χ0) is 9.10. The van der Waals surface area contributed by atoms with Crippen LogP contribution < -0.4 is 10.6 Å². The van der Waals surface area contributed by atoms with Crippen molar-refractivity contribution in [2.45, 2.75) is 18.9 Å². The molecule has 4 heteroatoms. The predicted molar refractivity (Wildman–Crippen MR) is 54.0 cm³/mol. The molecular weight excluding hydrogens is 164 g/mol. The molecule has 4 nitrogen and oxygen atoms in total. The minimum atomic E-state index is 0.623. The van der Waals surface area contributed by atoms with E-state index >= 15 is 0 Å². The van der Waals surface area contributed by atoms with Crippen molar-refractivity contribution in [3.8, 4) is 0 Å². The fraction of sp³-hybridized carbons (Fsp3) is 0.889. The first kappa shape index (κ1) is 8.81. The number of nitrogens with zero attached hydrogens (tertiary/aromatic N) is 2. The number of hydrogen-bond donors (Lipinski definition) is 2. The van der Waals surface area contributed by atoms with Crippen molar-refractivity contribution < 1.29 is 0 Å². The summed E-state index contributed by atoms with van der Waals surface area (Å²) in [6, 6.07) is 0.623. The number of guanidine groups is 1. The molecule has 0 radical (unpaired) electrons. The molecule has 0 saturated carbocycles. The van der Waals surface area contributed by atoms with Crippen LogP contribution >= 0.6 is 0 Å². The Bertz CT molecular complexity index is 196. The van der Waals surface area contributed by atoms with Gasteiger partial charge >= 0.3 is 0 Å². The van der Waals surface area contributed by atoms with Gasteiger partial charge < -0.3 is 15.5 Å². The van der Waals surface area contributed by atoms with Gasteiger partial charge in [0.05, 0.1) is 6.54 Å². The molecule has 0 bridgehead atoms. The monoisotopic (exact) mass is 182 g/mol. The summed E-state index contributed by atoms with van der Waals surface area (Å²) in [5.74, 6) is 1.08. The largest absolute Gasteiger partial charge is 0.354 e. The van der Waals surface area contributed by atoms with Crippen molar-refractivity contribution in [1.29, 1.82) is 0 Å². The summed E-state index contributed by atoms with van der Waals surface area (Å²) in [6.07, 6.45) is 2.56. The smallest absolute Gasteiger partial charge is 0.194 e. The summed E-state index contributed by atoms with van der Waals surface area (Å²) < 4.78 is 0. The highest BCUT2D eigenvalue weighted by atomic mass is 15.3. The van der Waals surface area contributed by atoms with Crippen LogP contribution in [0.25, 0.3) is 0 Å². The summed E-state index contributed by atoms with van der Waals surface area (Å²) >= 11 is 0. The number of hydrogen-bond acceptors (Lipinski definition) is 4. The van der Waals surface area contributed by atoms with E-state index < -0.39 is 0 Å². The fourth-order valence-corrected chi connectivity index (χ4v) is 1.96. The number of nitrogens with one attached hydrogen (secondary N) is 2. The van der Waals surface area contributed by atoms with Gasteiger partial charge in [0.2, 0.25) is 0 Å². The molecule has 1 atom stereocenters. The molecule has 0 spiro atoms. The van der Waals surface area contributed by atoms with Gasteiger partial charge in [0.25, 0.3) is 0 Å². The van der Waals surface area contributed by atoms with Gasteiger partial charge in [-0.25, -0.2) is 0 Å². The highest BCUT2D eigenvalue weighted by molar-refractivity contribution is 5.81. The van der Waals surface area contributed by atoms with Gasteiger partial charge in [-0.2, -0.15) is 0 Å². The van der Waals surface area contributed by atoms with Gasteiger partial charge in [-0.3, -0.25) is 4.99 Å². The molecule has 2 aliphatic rings. The van der Waals surface area contributed by atoms with Crippen molar-refractivity contribution in [2.75, 3.05) is 33.2 Å². The predicted octanol–water partition coefficient (Wildman–Crippen LogP) is -0.371. The Morgan fingerprint density at radius 2 is 2.38 bits per heavy atom. The Kier molecular flexibility index (Phi) is 2.68. The molecule has 1 unspecified atom stereocenters. The zero-order valence-corrected chi connectivity index (χ0v) is 8.21. The summed E-state index contributed by atoms with van der Waals surface area (Å²) in [6.45, 7) is 4.20. The maximum Gasteiger partial charge on any atom is 0.194 e. The van der Waals surface area contributed by atoms with Gasteiger partial charge in [-0.05, 0) is 19.4 Å². The molecule has 2 aliphatic heterocycles. The van der Waals surface area contributed by atoms with Crippen LogP contribution in [0.4, 0.5) is 0 Å². The van der Waals surface area contributed by atoms with E-state index in [1.807, 2.05) is 0 Å². The van der Waals surface area contributed by atoms with E-state index in [9.17, 15) is 0 Å². The van der Waals surface area contributed by atoms with Crippen molar-refractivity contribution in [3.05, 3.63) is 0 Å². The van der Waals surface area contributed by atoms with Crippen LogP contribution in [-0.4, -0.2) is 50.1 Å². The number of rotatable bonds is 1. The second kappa shape index (κ2) is 3.96. The molecule has 0 aliphatic carbocycles. The van der Waals surface area contributed by atoms with Crippen LogP contribution in [-0.2, 0) is 0 Å². The van der Waals surface area contributed by atoms with E-state index in [1.54, 1.807) is 0 Å².